The number of rotatable bonds is 3. The molecule has 0 spiro atoms. The smallest absolute Gasteiger partial charge is 0.128 e. The molecule has 1 aliphatic heterocycles. The van der Waals surface area contributed by atoms with Gasteiger partial charge < -0.3 is 9.80 Å². The molecule has 110 valence electrons. The summed E-state index contributed by atoms with van der Waals surface area (Å²) in [4.78, 5) is 9.23. The summed E-state index contributed by atoms with van der Waals surface area (Å²) in [6.07, 6.45) is 1.86. The van der Waals surface area contributed by atoms with Crippen molar-refractivity contribution in [3.63, 3.8) is 0 Å². The van der Waals surface area contributed by atoms with Gasteiger partial charge in [0.05, 0.1) is 0 Å². The Morgan fingerprint density at radius 3 is 2.43 bits per heavy atom. The van der Waals surface area contributed by atoms with E-state index in [1.807, 2.05) is 18.3 Å². The van der Waals surface area contributed by atoms with Crippen molar-refractivity contribution in [3.8, 4) is 0 Å². The Labute approximate surface area is 131 Å². The molecule has 0 unspecified atom stereocenters. The predicted molar refractivity (Wildman–Crippen MR) is 89.4 cm³/mol. The van der Waals surface area contributed by atoms with E-state index in [1.54, 1.807) is 0 Å². The van der Waals surface area contributed by atoms with Crippen LogP contribution in [-0.4, -0.2) is 31.2 Å². The Bertz CT molecular complexity index is 592. The number of halogens is 1. The van der Waals surface area contributed by atoms with E-state index in [-0.39, 0.29) is 0 Å². The zero-order chi connectivity index (χ0) is 14.7. The van der Waals surface area contributed by atoms with Crippen LogP contribution >= 0.6 is 11.6 Å². The minimum Gasteiger partial charge on any atom is -0.368 e. The molecule has 1 saturated heterocycles. The molecule has 3 nitrogen and oxygen atoms in total. The maximum absolute atomic E-state index is 5.90. The monoisotopic (exact) mass is 301 g/mol. The first-order valence-corrected chi connectivity index (χ1v) is 7.88. The Morgan fingerprint density at radius 2 is 1.81 bits per heavy atom. The molecule has 2 heterocycles. The van der Waals surface area contributed by atoms with Crippen LogP contribution in [0.1, 0.15) is 11.1 Å². The average Bonchev–Trinajstić information content (AvgIpc) is 2.56. The molecular formula is C17H20ClN3. The Hall–Kier alpha value is -1.74. The number of nitrogens with zero attached hydrogens (tertiary/aromatic N) is 3. The van der Waals surface area contributed by atoms with Crippen LogP contribution in [0.2, 0.25) is 0 Å². The van der Waals surface area contributed by atoms with E-state index in [4.69, 9.17) is 11.6 Å². The molecule has 21 heavy (non-hydrogen) atoms. The summed E-state index contributed by atoms with van der Waals surface area (Å²) < 4.78 is 0. The second-order valence-corrected chi connectivity index (χ2v) is 5.68. The fraction of sp³-hybridized carbons (Fsp3) is 0.353. The van der Waals surface area contributed by atoms with Gasteiger partial charge in [-0.3, -0.25) is 0 Å². The third-order valence-electron chi connectivity index (χ3n) is 4.01. The first-order chi connectivity index (χ1) is 10.3. The van der Waals surface area contributed by atoms with Crippen LogP contribution in [0.4, 0.5) is 11.5 Å². The Kier molecular flexibility index (Phi) is 4.30. The van der Waals surface area contributed by atoms with Gasteiger partial charge in [0, 0.05) is 43.9 Å². The highest BCUT2D eigenvalue weighted by Crippen LogP contribution is 2.24. The first-order valence-electron chi connectivity index (χ1n) is 7.34. The molecule has 2 aromatic rings. The van der Waals surface area contributed by atoms with Gasteiger partial charge in [-0.2, -0.15) is 0 Å². The molecular weight excluding hydrogens is 282 g/mol. The lowest BCUT2D eigenvalue weighted by Crippen LogP contribution is -2.47. The number of benzene rings is 1. The summed E-state index contributed by atoms with van der Waals surface area (Å²) in [5.41, 5.74) is 3.81. The largest absolute Gasteiger partial charge is 0.368 e. The zero-order valence-electron chi connectivity index (χ0n) is 12.3. The van der Waals surface area contributed by atoms with Gasteiger partial charge in [-0.1, -0.05) is 18.2 Å². The highest BCUT2D eigenvalue weighted by Gasteiger charge is 2.19. The van der Waals surface area contributed by atoms with Gasteiger partial charge in [0.2, 0.25) is 0 Å². The third-order valence-corrected chi connectivity index (χ3v) is 4.32. The third kappa shape index (κ3) is 3.13. The zero-order valence-corrected chi connectivity index (χ0v) is 13.1. The molecule has 0 saturated carbocycles. The number of hydrogen-bond acceptors (Lipinski definition) is 3. The van der Waals surface area contributed by atoms with E-state index < -0.39 is 0 Å². The van der Waals surface area contributed by atoms with Crippen LogP contribution in [0, 0.1) is 6.92 Å². The van der Waals surface area contributed by atoms with Gasteiger partial charge in [-0.05, 0) is 36.2 Å². The standard InChI is InChI=1S/C17H20ClN3/c1-14-12-15(13-18)5-6-16(14)20-8-10-21(11-9-20)17-4-2-3-7-19-17/h2-7,12H,8-11,13H2,1H3. The minimum atomic E-state index is 0.578. The quantitative estimate of drug-likeness (QED) is 0.810. The van der Waals surface area contributed by atoms with Crippen molar-refractivity contribution in [2.45, 2.75) is 12.8 Å². The summed E-state index contributed by atoms with van der Waals surface area (Å²) in [6, 6.07) is 12.6. The number of hydrogen-bond donors (Lipinski definition) is 0. The molecule has 1 aromatic carbocycles. The molecule has 0 aliphatic carbocycles. The normalized spacial score (nSPS) is 15.3. The van der Waals surface area contributed by atoms with E-state index in [1.165, 1.54) is 16.8 Å². The lowest BCUT2D eigenvalue weighted by Gasteiger charge is -2.37. The molecule has 1 aromatic heterocycles. The highest BCUT2D eigenvalue weighted by molar-refractivity contribution is 6.17. The fourth-order valence-electron chi connectivity index (χ4n) is 2.87. The molecule has 1 aliphatic rings. The number of aryl methyl sites for hydroxylation is 1. The molecule has 4 heteroatoms. The molecule has 3 rings (SSSR count). The average molecular weight is 302 g/mol. The molecule has 0 bridgehead atoms. The van der Waals surface area contributed by atoms with Crippen LogP contribution in [0.15, 0.2) is 42.6 Å². The van der Waals surface area contributed by atoms with Crippen LogP contribution < -0.4 is 9.80 Å². The van der Waals surface area contributed by atoms with Gasteiger partial charge >= 0.3 is 0 Å². The Morgan fingerprint density at radius 1 is 1.05 bits per heavy atom. The maximum atomic E-state index is 5.90. The minimum absolute atomic E-state index is 0.578. The summed E-state index contributed by atoms with van der Waals surface area (Å²) in [6.45, 7) is 6.23. The first kappa shape index (κ1) is 14.2. The van der Waals surface area contributed by atoms with Crippen LogP contribution in [-0.2, 0) is 5.88 Å². The SMILES string of the molecule is Cc1cc(CCl)ccc1N1CCN(c2ccccn2)CC1. The predicted octanol–water partition coefficient (Wildman–Crippen LogP) is 3.46. The lowest BCUT2D eigenvalue weighted by atomic mass is 10.1. The second kappa shape index (κ2) is 6.35. The van der Waals surface area contributed by atoms with E-state index in [0.717, 1.165) is 32.0 Å². The number of alkyl halides is 1. The van der Waals surface area contributed by atoms with Crippen LogP contribution in [0.5, 0.6) is 0 Å². The summed E-state index contributed by atoms with van der Waals surface area (Å²) in [5.74, 6) is 1.65. The highest BCUT2D eigenvalue weighted by atomic mass is 35.5. The van der Waals surface area contributed by atoms with Crippen LogP contribution in [0.25, 0.3) is 0 Å². The van der Waals surface area contributed by atoms with Crippen molar-refractivity contribution in [1.82, 2.24) is 4.98 Å². The van der Waals surface area contributed by atoms with Gasteiger partial charge in [0.1, 0.15) is 5.82 Å². The number of piperazine rings is 1. The summed E-state index contributed by atoms with van der Waals surface area (Å²) in [5, 5.41) is 0. The molecule has 0 N–H and O–H groups in total. The summed E-state index contributed by atoms with van der Waals surface area (Å²) in [7, 11) is 0. The fourth-order valence-corrected chi connectivity index (χ4v) is 3.04. The van der Waals surface area contributed by atoms with Crippen LogP contribution in [0.3, 0.4) is 0 Å². The lowest BCUT2D eigenvalue weighted by molar-refractivity contribution is 0.646. The number of aromatic nitrogens is 1. The molecule has 0 radical (unpaired) electrons. The van der Waals surface area contributed by atoms with Crippen molar-refractivity contribution in [3.05, 3.63) is 53.7 Å². The Balaban J connectivity index is 1.68. The molecule has 0 atom stereocenters. The number of pyridine rings is 1. The molecule has 0 amide bonds. The van der Waals surface area contributed by atoms with Crippen molar-refractivity contribution in [1.29, 1.82) is 0 Å². The molecule has 1 fully saturated rings. The van der Waals surface area contributed by atoms with E-state index in [0.29, 0.717) is 5.88 Å². The summed E-state index contributed by atoms with van der Waals surface area (Å²) >= 11 is 5.90. The van der Waals surface area contributed by atoms with E-state index >= 15 is 0 Å². The van der Waals surface area contributed by atoms with Crippen molar-refractivity contribution in [2.24, 2.45) is 0 Å². The van der Waals surface area contributed by atoms with Gasteiger partial charge in [-0.15, -0.1) is 11.6 Å². The van der Waals surface area contributed by atoms with E-state index in [9.17, 15) is 0 Å². The van der Waals surface area contributed by atoms with Crippen molar-refractivity contribution >= 4 is 23.1 Å². The second-order valence-electron chi connectivity index (χ2n) is 5.42. The van der Waals surface area contributed by atoms with E-state index in [2.05, 4.69) is 46.0 Å². The topological polar surface area (TPSA) is 19.4 Å². The van der Waals surface area contributed by atoms with Gasteiger partial charge in [0.25, 0.3) is 0 Å². The van der Waals surface area contributed by atoms with Crippen molar-refractivity contribution in [2.75, 3.05) is 36.0 Å². The van der Waals surface area contributed by atoms with Crippen molar-refractivity contribution < 1.29 is 0 Å². The van der Waals surface area contributed by atoms with Gasteiger partial charge in [-0.25, -0.2) is 4.98 Å². The van der Waals surface area contributed by atoms with Gasteiger partial charge in [0.15, 0.2) is 0 Å². The number of anilines is 2. The maximum Gasteiger partial charge on any atom is 0.128 e.